The Hall–Kier alpha value is -2.07. The van der Waals surface area contributed by atoms with Gasteiger partial charge >= 0.3 is 5.97 Å². The summed E-state index contributed by atoms with van der Waals surface area (Å²) in [5, 5.41) is 3.87. The third kappa shape index (κ3) is 3.71. The topological polar surface area (TPSA) is 51.2 Å². The van der Waals surface area contributed by atoms with Crippen LogP contribution in [0.1, 0.15) is 15.9 Å². The minimum Gasteiger partial charge on any atom is -0.465 e. The number of aromatic nitrogens is 1. The SMILES string of the molecule is COC(=O)c1cccnc1NCCc1ccc(Cl)cc1. The van der Waals surface area contributed by atoms with Gasteiger partial charge in [0.05, 0.1) is 7.11 Å². The van der Waals surface area contributed by atoms with E-state index in [9.17, 15) is 4.79 Å². The highest BCUT2D eigenvalue weighted by Crippen LogP contribution is 2.13. The number of methoxy groups -OCH3 is 1. The number of hydrogen-bond acceptors (Lipinski definition) is 4. The van der Waals surface area contributed by atoms with Gasteiger partial charge in [-0.15, -0.1) is 0 Å². The molecule has 1 heterocycles. The number of ether oxygens (including phenoxy) is 1. The van der Waals surface area contributed by atoms with E-state index in [2.05, 4.69) is 10.3 Å². The zero-order chi connectivity index (χ0) is 14.4. The number of esters is 1. The Kier molecular flexibility index (Phi) is 4.96. The number of carbonyl (C=O) groups excluding carboxylic acids is 1. The smallest absolute Gasteiger partial charge is 0.341 e. The summed E-state index contributed by atoms with van der Waals surface area (Å²) >= 11 is 5.84. The third-order valence-electron chi connectivity index (χ3n) is 2.83. The van der Waals surface area contributed by atoms with E-state index < -0.39 is 5.97 Å². The van der Waals surface area contributed by atoms with Gasteiger partial charge in [0.1, 0.15) is 11.4 Å². The van der Waals surface area contributed by atoms with E-state index in [0.29, 0.717) is 17.9 Å². The van der Waals surface area contributed by atoms with E-state index in [4.69, 9.17) is 16.3 Å². The molecule has 0 radical (unpaired) electrons. The lowest BCUT2D eigenvalue weighted by atomic mass is 10.1. The van der Waals surface area contributed by atoms with Crippen molar-refractivity contribution < 1.29 is 9.53 Å². The van der Waals surface area contributed by atoms with Crippen molar-refractivity contribution in [2.45, 2.75) is 6.42 Å². The standard InChI is InChI=1S/C15H15ClN2O2/c1-20-15(19)13-3-2-9-17-14(13)18-10-8-11-4-6-12(16)7-5-11/h2-7,9H,8,10H2,1H3,(H,17,18). The molecule has 0 amide bonds. The number of pyridine rings is 1. The molecule has 2 aromatic rings. The first-order valence-corrected chi connectivity index (χ1v) is 6.60. The second-order valence-electron chi connectivity index (χ2n) is 4.19. The van der Waals surface area contributed by atoms with Gasteiger partial charge in [-0.3, -0.25) is 0 Å². The highest BCUT2D eigenvalue weighted by atomic mass is 35.5. The van der Waals surface area contributed by atoms with Crippen molar-refractivity contribution in [3.63, 3.8) is 0 Å². The molecule has 1 aromatic heterocycles. The molecule has 0 saturated heterocycles. The summed E-state index contributed by atoms with van der Waals surface area (Å²) < 4.78 is 4.72. The molecule has 0 unspecified atom stereocenters. The summed E-state index contributed by atoms with van der Waals surface area (Å²) in [5.74, 6) is 0.139. The quantitative estimate of drug-likeness (QED) is 0.859. The normalized spacial score (nSPS) is 10.1. The number of hydrogen-bond donors (Lipinski definition) is 1. The minimum absolute atomic E-state index is 0.396. The Morgan fingerprint density at radius 2 is 2.05 bits per heavy atom. The predicted octanol–water partition coefficient (Wildman–Crippen LogP) is 3.18. The van der Waals surface area contributed by atoms with Gasteiger partial charge in [-0.2, -0.15) is 0 Å². The van der Waals surface area contributed by atoms with Crippen molar-refractivity contribution in [3.8, 4) is 0 Å². The molecular formula is C15H15ClN2O2. The van der Waals surface area contributed by atoms with E-state index >= 15 is 0 Å². The Morgan fingerprint density at radius 1 is 1.30 bits per heavy atom. The van der Waals surface area contributed by atoms with E-state index in [1.807, 2.05) is 24.3 Å². The number of benzene rings is 1. The Morgan fingerprint density at radius 3 is 2.75 bits per heavy atom. The summed E-state index contributed by atoms with van der Waals surface area (Å²) in [7, 11) is 1.35. The van der Waals surface area contributed by atoms with Gasteiger partial charge in [0, 0.05) is 17.8 Å². The molecule has 4 nitrogen and oxygen atoms in total. The predicted molar refractivity (Wildman–Crippen MR) is 79.2 cm³/mol. The summed E-state index contributed by atoms with van der Waals surface area (Å²) in [4.78, 5) is 15.7. The maximum Gasteiger partial charge on any atom is 0.341 e. The van der Waals surface area contributed by atoms with Gasteiger partial charge < -0.3 is 10.1 Å². The van der Waals surface area contributed by atoms with Crippen LogP contribution in [0.3, 0.4) is 0 Å². The van der Waals surface area contributed by atoms with Crippen LogP contribution in [-0.4, -0.2) is 24.6 Å². The summed E-state index contributed by atoms with van der Waals surface area (Å²) in [6.07, 6.45) is 2.45. The van der Waals surface area contributed by atoms with Crippen molar-refractivity contribution in [2.75, 3.05) is 19.0 Å². The van der Waals surface area contributed by atoms with Crippen LogP contribution in [0.25, 0.3) is 0 Å². The molecule has 0 bridgehead atoms. The van der Waals surface area contributed by atoms with E-state index in [0.717, 1.165) is 17.0 Å². The number of anilines is 1. The first kappa shape index (κ1) is 14.3. The zero-order valence-corrected chi connectivity index (χ0v) is 11.9. The second-order valence-corrected chi connectivity index (χ2v) is 4.63. The maximum atomic E-state index is 11.6. The first-order chi connectivity index (χ1) is 9.70. The average molecular weight is 291 g/mol. The second kappa shape index (κ2) is 6.91. The fraction of sp³-hybridized carbons (Fsp3) is 0.200. The van der Waals surface area contributed by atoms with Gasteiger partial charge in [-0.1, -0.05) is 23.7 Å². The van der Waals surface area contributed by atoms with Gasteiger partial charge in [0.2, 0.25) is 0 Å². The van der Waals surface area contributed by atoms with Crippen molar-refractivity contribution >= 4 is 23.4 Å². The number of nitrogens with one attached hydrogen (secondary N) is 1. The lowest BCUT2D eigenvalue weighted by Gasteiger charge is -2.09. The molecule has 1 N–H and O–H groups in total. The van der Waals surface area contributed by atoms with E-state index in [1.165, 1.54) is 7.11 Å². The number of carbonyl (C=O) groups is 1. The van der Waals surface area contributed by atoms with Gasteiger partial charge in [0.15, 0.2) is 0 Å². The van der Waals surface area contributed by atoms with Crippen LogP contribution >= 0.6 is 11.6 Å². The molecule has 1 aromatic carbocycles. The molecule has 2 rings (SSSR count). The molecule has 20 heavy (non-hydrogen) atoms. The zero-order valence-electron chi connectivity index (χ0n) is 11.1. The van der Waals surface area contributed by atoms with Crippen LogP contribution in [0, 0.1) is 0 Å². The minimum atomic E-state index is -0.396. The van der Waals surface area contributed by atoms with Crippen molar-refractivity contribution in [3.05, 3.63) is 58.7 Å². The van der Waals surface area contributed by atoms with Crippen molar-refractivity contribution in [1.29, 1.82) is 0 Å². The maximum absolute atomic E-state index is 11.6. The van der Waals surface area contributed by atoms with E-state index in [1.54, 1.807) is 18.3 Å². The number of nitrogens with zero attached hydrogens (tertiary/aromatic N) is 1. The fourth-order valence-corrected chi connectivity index (χ4v) is 1.92. The molecule has 0 aliphatic rings. The van der Waals surface area contributed by atoms with Crippen LogP contribution < -0.4 is 5.32 Å². The van der Waals surface area contributed by atoms with Crippen LogP contribution in [0.5, 0.6) is 0 Å². The largest absolute Gasteiger partial charge is 0.465 e. The highest BCUT2D eigenvalue weighted by Gasteiger charge is 2.11. The van der Waals surface area contributed by atoms with Crippen LogP contribution in [0.15, 0.2) is 42.6 Å². The van der Waals surface area contributed by atoms with Crippen molar-refractivity contribution in [2.24, 2.45) is 0 Å². The van der Waals surface area contributed by atoms with Crippen LogP contribution in [0.2, 0.25) is 5.02 Å². The van der Waals surface area contributed by atoms with E-state index in [-0.39, 0.29) is 0 Å². The first-order valence-electron chi connectivity index (χ1n) is 6.22. The third-order valence-corrected chi connectivity index (χ3v) is 3.08. The highest BCUT2D eigenvalue weighted by molar-refractivity contribution is 6.30. The number of halogens is 1. The monoisotopic (exact) mass is 290 g/mol. The average Bonchev–Trinajstić information content (AvgIpc) is 2.49. The Labute approximate surface area is 122 Å². The molecule has 0 spiro atoms. The van der Waals surface area contributed by atoms with Gasteiger partial charge in [-0.25, -0.2) is 9.78 Å². The molecule has 0 aliphatic heterocycles. The Balaban J connectivity index is 1.97. The molecule has 0 atom stereocenters. The van der Waals surface area contributed by atoms with Crippen molar-refractivity contribution in [1.82, 2.24) is 4.98 Å². The molecular weight excluding hydrogens is 276 g/mol. The summed E-state index contributed by atoms with van der Waals surface area (Å²) in [6.45, 7) is 0.669. The molecule has 104 valence electrons. The fourth-order valence-electron chi connectivity index (χ4n) is 1.80. The lowest BCUT2D eigenvalue weighted by molar-refractivity contribution is 0.0601. The molecule has 5 heteroatoms. The molecule has 0 fully saturated rings. The summed E-state index contributed by atoms with van der Waals surface area (Å²) in [5.41, 5.74) is 1.60. The van der Waals surface area contributed by atoms with Gasteiger partial charge in [-0.05, 0) is 36.2 Å². The summed E-state index contributed by atoms with van der Waals surface area (Å²) in [6, 6.07) is 11.1. The van der Waals surface area contributed by atoms with Gasteiger partial charge in [0.25, 0.3) is 0 Å². The molecule has 0 saturated carbocycles. The van der Waals surface area contributed by atoms with Crippen LogP contribution in [-0.2, 0) is 11.2 Å². The Bertz CT molecular complexity index is 585. The van der Waals surface area contributed by atoms with Crippen LogP contribution in [0.4, 0.5) is 5.82 Å². The molecule has 0 aliphatic carbocycles. The lowest BCUT2D eigenvalue weighted by Crippen LogP contribution is -2.12. The number of rotatable bonds is 5.